The molecular formula is C15H20N2O. The first-order valence-corrected chi connectivity index (χ1v) is 6.82. The van der Waals surface area contributed by atoms with Gasteiger partial charge in [0.05, 0.1) is 18.2 Å². The molecular weight excluding hydrogens is 224 g/mol. The van der Waals surface area contributed by atoms with Crippen molar-refractivity contribution in [1.29, 1.82) is 0 Å². The van der Waals surface area contributed by atoms with Crippen LogP contribution in [0.15, 0.2) is 35.3 Å². The summed E-state index contributed by atoms with van der Waals surface area (Å²) < 4.78 is 5.80. The molecule has 1 aromatic rings. The summed E-state index contributed by atoms with van der Waals surface area (Å²) in [5, 5.41) is 3.43. The molecule has 0 bridgehead atoms. The largest absolute Gasteiger partial charge is 0.370 e. The second-order valence-electron chi connectivity index (χ2n) is 5.23. The minimum atomic E-state index is 0.228. The number of rotatable bonds is 4. The normalized spacial score (nSPS) is 27.5. The summed E-state index contributed by atoms with van der Waals surface area (Å²) in [5.41, 5.74) is 1.27. The minimum absolute atomic E-state index is 0.228. The number of aliphatic imine (C=N–C) groups is 1. The summed E-state index contributed by atoms with van der Waals surface area (Å²) in [5.74, 6) is 1.00. The Labute approximate surface area is 108 Å². The molecule has 1 fully saturated rings. The van der Waals surface area contributed by atoms with Crippen LogP contribution in [0.1, 0.15) is 37.8 Å². The van der Waals surface area contributed by atoms with Crippen LogP contribution >= 0.6 is 0 Å². The van der Waals surface area contributed by atoms with E-state index in [9.17, 15) is 0 Å². The predicted molar refractivity (Wildman–Crippen MR) is 72.8 cm³/mol. The maximum atomic E-state index is 5.80. The Hall–Kier alpha value is -1.35. The van der Waals surface area contributed by atoms with Gasteiger partial charge < -0.3 is 10.1 Å². The number of hydrogen-bond donors (Lipinski definition) is 1. The molecule has 1 heterocycles. The van der Waals surface area contributed by atoms with Gasteiger partial charge in [0.2, 0.25) is 0 Å². The fraction of sp³-hybridized carbons (Fsp3) is 0.533. The molecule has 0 radical (unpaired) electrons. The van der Waals surface area contributed by atoms with Crippen LogP contribution in [-0.2, 0) is 4.74 Å². The van der Waals surface area contributed by atoms with Crippen LogP contribution in [0.3, 0.4) is 0 Å². The van der Waals surface area contributed by atoms with Crippen molar-refractivity contribution in [3.8, 4) is 0 Å². The first-order chi connectivity index (χ1) is 8.83. The third-order valence-corrected chi connectivity index (χ3v) is 3.81. The van der Waals surface area contributed by atoms with Crippen molar-refractivity contribution >= 4 is 5.84 Å². The molecule has 2 aliphatic rings. The zero-order valence-corrected chi connectivity index (χ0v) is 10.8. The molecule has 0 saturated heterocycles. The quantitative estimate of drug-likeness (QED) is 0.883. The summed E-state index contributed by atoms with van der Waals surface area (Å²) in [6, 6.07) is 11.0. The van der Waals surface area contributed by atoms with E-state index < -0.39 is 0 Å². The van der Waals surface area contributed by atoms with Crippen LogP contribution in [0.25, 0.3) is 0 Å². The monoisotopic (exact) mass is 244 g/mol. The van der Waals surface area contributed by atoms with Crippen molar-refractivity contribution < 1.29 is 4.74 Å². The Morgan fingerprint density at radius 1 is 1.28 bits per heavy atom. The smallest absolute Gasteiger partial charge is 0.124 e. The van der Waals surface area contributed by atoms with Gasteiger partial charge in [-0.3, -0.25) is 4.99 Å². The van der Waals surface area contributed by atoms with E-state index in [0.717, 1.165) is 5.84 Å². The number of nitrogens with one attached hydrogen (secondary N) is 1. The molecule has 1 saturated carbocycles. The molecule has 3 heteroatoms. The van der Waals surface area contributed by atoms with Crippen LogP contribution in [0.5, 0.6) is 0 Å². The molecule has 0 aromatic heterocycles. The Bertz CT molecular complexity index is 425. The van der Waals surface area contributed by atoms with Gasteiger partial charge in [-0.05, 0) is 31.7 Å². The Kier molecular flexibility index (Phi) is 3.33. The molecule has 1 aromatic carbocycles. The second-order valence-corrected chi connectivity index (χ2v) is 5.23. The van der Waals surface area contributed by atoms with E-state index in [1.54, 1.807) is 0 Å². The average molecular weight is 244 g/mol. The van der Waals surface area contributed by atoms with E-state index in [2.05, 4.69) is 36.5 Å². The topological polar surface area (TPSA) is 33.6 Å². The van der Waals surface area contributed by atoms with Crippen molar-refractivity contribution in [3.05, 3.63) is 35.9 Å². The lowest BCUT2D eigenvalue weighted by molar-refractivity contribution is 0.0238. The standard InChI is InChI=1S/C15H20N2O/c1-11-15(12-6-3-2-4-7-12)17-14(16-11)10-18-13-8-5-9-13/h2-4,6-7,11,13,15H,5,8-10H2,1H3,(H,16,17)/t11?,15-/m0/s1. The van der Waals surface area contributed by atoms with Gasteiger partial charge in [0.15, 0.2) is 0 Å². The highest BCUT2D eigenvalue weighted by molar-refractivity contribution is 5.85. The van der Waals surface area contributed by atoms with Gasteiger partial charge >= 0.3 is 0 Å². The summed E-state index contributed by atoms with van der Waals surface area (Å²) >= 11 is 0. The van der Waals surface area contributed by atoms with Gasteiger partial charge in [0.1, 0.15) is 12.4 Å². The third-order valence-electron chi connectivity index (χ3n) is 3.81. The summed E-state index contributed by atoms with van der Waals surface area (Å²) in [6.07, 6.45) is 4.21. The molecule has 1 aliphatic carbocycles. The first kappa shape index (κ1) is 11.7. The van der Waals surface area contributed by atoms with Crippen molar-refractivity contribution in [2.75, 3.05) is 6.61 Å². The van der Waals surface area contributed by atoms with E-state index in [4.69, 9.17) is 9.73 Å². The summed E-state index contributed by atoms with van der Waals surface area (Å²) in [7, 11) is 0. The van der Waals surface area contributed by atoms with Crippen LogP contribution in [0, 0.1) is 0 Å². The predicted octanol–water partition coefficient (Wildman–Crippen LogP) is 2.69. The summed E-state index contributed by atoms with van der Waals surface area (Å²) in [4.78, 5) is 4.75. The Morgan fingerprint density at radius 3 is 2.72 bits per heavy atom. The van der Waals surface area contributed by atoms with E-state index in [1.807, 2.05) is 6.07 Å². The lowest BCUT2D eigenvalue weighted by atomic mass is 9.96. The number of ether oxygens (including phenoxy) is 1. The van der Waals surface area contributed by atoms with Crippen molar-refractivity contribution in [2.24, 2.45) is 4.99 Å². The molecule has 1 aliphatic heterocycles. The Morgan fingerprint density at radius 2 is 2.06 bits per heavy atom. The van der Waals surface area contributed by atoms with Crippen LogP contribution < -0.4 is 5.32 Å². The van der Waals surface area contributed by atoms with Crippen molar-refractivity contribution in [3.63, 3.8) is 0 Å². The molecule has 3 rings (SSSR count). The van der Waals surface area contributed by atoms with Gasteiger partial charge in [-0.1, -0.05) is 30.3 Å². The van der Waals surface area contributed by atoms with Crippen LogP contribution in [0.4, 0.5) is 0 Å². The minimum Gasteiger partial charge on any atom is -0.370 e. The van der Waals surface area contributed by atoms with Gasteiger partial charge in [-0.25, -0.2) is 0 Å². The zero-order chi connectivity index (χ0) is 12.4. The molecule has 96 valence electrons. The van der Waals surface area contributed by atoms with E-state index in [0.29, 0.717) is 18.8 Å². The van der Waals surface area contributed by atoms with E-state index in [1.165, 1.54) is 24.8 Å². The zero-order valence-electron chi connectivity index (χ0n) is 10.8. The second kappa shape index (κ2) is 5.11. The summed E-state index contributed by atoms with van der Waals surface area (Å²) in [6.45, 7) is 2.82. The van der Waals surface area contributed by atoms with Gasteiger partial charge in [0, 0.05) is 0 Å². The van der Waals surface area contributed by atoms with Gasteiger partial charge in [0.25, 0.3) is 0 Å². The third kappa shape index (κ3) is 2.41. The van der Waals surface area contributed by atoms with Gasteiger partial charge in [-0.15, -0.1) is 0 Å². The SMILES string of the molecule is CC1NC(COC2CCC2)=N[C@@H]1c1ccccc1. The number of amidine groups is 1. The number of benzene rings is 1. The number of nitrogens with zero attached hydrogens (tertiary/aromatic N) is 1. The highest BCUT2D eigenvalue weighted by Crippen LogP contribution is 2.26. The first-order valence-electron chi connectivity index (χ1n) is 6.82. The lowest BCUT2D eigenvalue weighted by Gasteiger charge is -2.25. The highest BCUT2D eigenvalue weighted by Gasteiger charge is 2.27. The highest BCUT2D eigenvalue weighted by atomic mass is 16.5. The maximum absolute atomic E-state index is 5.80. The average Bonchev–Trinajstić information content (AvgIpc) is 2.70. The molecule has 0 amide bonds. The Balaban J connectivity index is 1.63. The molecule has 18 heavy (non-hydrogen) atoms. The fourth-order valence-electron chi connectivity index (χ4n) is 2.49. The maximum Gasteiger partial charge on any atom is 0.124 e. The van der Waals surface area contributed by atoms with Crippen LogP contribution in [0.2, 0.25) is 0 Å². The van der Waals surface area contributed by atoms with Crippen molar-refractivity contribution in [1.82, 2.24) is 5.32 Å². The number of hydrogen-bond acceptors (Lipinski definition) is 3. The van der Waals surface area contributed by atoms with Crippen LogP contribution in [-0.4, -0.2) is 24.6 Å². The molecule has 3 nitrogen and oxygen atoms in total. The lowest BCUT2D eigenvalue weighted by Crippen LogP contribution is -2.33. The fourth-order valence-corrected chi connectivity index (χ4v) is 2.49. The molecule has 0 spiro atoms. The molecule has 2 atom stereocenters. The van der Waals surface area contributed by atoms with Crippen molar-refractivity contribution in [2.45, 2.75) is 44.4 Å². The van der Waals surface area contributed by atoms with Gasteiger partial charge in [-0.2, -0.15) is 0 Å². The van der Waals surface area contributed by atoms with E-state index >= 15 is 0 Å². The molecule has 1 N–H and O–H groups in total. The molecule has 1 unspecified atom stereocenters. The van der Waals surface area contributed by atoms with E-state index in [-0.39, 0.29) is 6.04 Å².